The second-order valence-corrected chi connectivity index (χ2v) is 6.50. The first-order valence-corrected chi connectivity index (χ1v) is 7.94. The van der Waals surface area contributed by atoms with Gasteiger partial charge >= 0.3 is 0 Å². The number of hydrogen-bond donors (Lipinski definition) is 1. The molecule has 114 valence electrons. The first kappa shape index (κ1) is 17.6. The molecule has 0 bridgehead atoms. The minimum atomic E-state index is -0.117. The fraction of sp³-hybridized carbons (Fsp3) is 0.625. The van der Waals surface area contributed by atoms with Crippen molar-refractivity contribution in [3.05, 3.63) is 34.3 Å². The number of halogens is 1. The lowest BCUT2D eigenvalue weighted by Gasteiger charge is -2.23. The number of hydrogen-bond acceptors (Lipinski definition) is 3. The normalized spacial score (nSPS) is 13.4. The summed E-state index contributed by atoms with van der Waals surface area (Å²) in [4.78, 5) is 0. The van der Waals surface area contributed by atoms with Gasteiger partial charge in [-0.25, -0.2) is 0 Å². The molecule has 0 heterocycles. The summed E-state index contributed by atoms with van der Waals surface area (Å²) in [5.74, 6) is 0. The molecular formula is C16H26BrNO2. The second-order valence-electron chi connectivity index (χ2n) is 5.65. The minimum Gasteiger partial charge on any atom is -0.373 e. The topological polar surface area (TPSA) is 30.5 Å². The lowest BCUT2D eigenvalue weighted by Crippen LogP contribution is -2.26. The van der Waals surface area contributed by atoms with E-state index in [1.807, 2.05) is 18.2 Å². The molecule has 0 aliphatic carbocycles. The predicted octanol–water partition coefficient (Wildman–Crippen LogP) is 3.93. The molecule has 0 aliphatic rings. The Morgan fingerprint density at radius 1 is 1.20 bits per heavy atom. The summed E-state index contributed by atoms with van der Waals surface area (Å²) >= 11 is 3.59. The maximum Gasteiger partial charge on any atom is 0.0961 e. The molecular weight excluding hydrogens is 318 g/mol. The van der Waals surface area contributed by atoms with Gasteiger partial charge in [0.2, 0.25) is 0 Å². The standard InChI is InChI=1S/C16H26BrNO2/c1-5-18-12-15(13-8-6-7-9-14(13)17)19-10-11-20-16(2,3)4/h6-9,15,18H,5,10-12H2,1-4H3. The van der Waals surface area contributed by atoms with Crippen LogP contribution in [0.25, 0.3) is 0 Å². The molecule has 3 nitrogen and oxygen atoms in total. The Hall–Kier alpha value is -0.420. The van der Waals surface area contributed by atoms with Gasteiger partial charge in [0.1, 0.15) is 0 Å². The van der Waals surface area contributed by atoms with E-state index in [-0.39, 0.29) is 11.7 Å². The minimum absolute atomic E-state index is 0.0362. The van der Waals surface area contributed by atoms with Crippen molar-refractivity contribution in [1.82, 2.24) is 5.32 Å². The third-order valence-corrected chi connectivity index (χ3v) is 3.49. The van der Waals surface area contributed by atoms with E-state index in [0.717, 1.165) is 17.6 Å². The van der Waals surface area contributed by atoms with Crippen LogP contribution in [-0.2, 0) is 9.47 Å². The van der Waals surface area contributed by atoms with Crippen LogP contribution in [0, 0.1) is 0 Å². The van der Waals surface area contributed by atoms with Gasteiger partial charge in [-0.05, 0) is 38.9 Å². The summed E-state index contributed by atoms with van der Waals surface area (Å²) in [5, 5.41) is 3.34. The largest absolute Gasteiger partial charge is 0.373 e. The van der Waals surface area contributed by atoms with Crippen LogP contribution in [0.15, 0.2) is 28.7 Å². The predicted molar refractivity (Wildman–Crippen MR) is 87.1 cm³/mol. The molecule has 1 rings (SSSR count). The van der Waals surface area contributed by atoms with Crippen LogP contribution in [-0.4, -0.2) is 31.9 Å². The summed E-state index contributed by atoms with van der Waals surface area (Å²) in [7, 11) is 0. The van der Waals surface area contributed by atoms with E-state index in [9.17, 15) is 0 Å². The monoisotopic (exact) mass is 343 g/mol. The van der Waals surface area contributed by atoms with E-state index in [1.54, 1.807) is 0 Å². The molecule has 0 aliphatic heterocycles. The maximum atomic E-state index is 5.99. The van der Waals surface area contributed by atoms with Gasteiger partial charge in [-0.3, -0.25) is 0 Å². The fourth-order valence-corrected chi connectivity index (χ4v) is 2.35. The number of ether oxygens (including phenoxy) is 2. The Kier molecular flexibility index (Phi) is 7.74. The number of likely N-dealkylation sites (N-methyl/N-ethyl adjacent to an activating group) is 1. The van der Waals surface area contributed by atoms with Gasteiger partial charge in [-0.15, -0.1) is 0 Å². The molecule has 1 unspecified atom stereocenters. The summed E-state index contributed by atoms with van der Waals surface area (Å²) in [6.07, 6.45) is 0.0362. The molecule has 0 radical (unpaired) electrons. The van der Waals surface area contributed by atoms with E-state index in [2.05, 4.69) is 55.0 Å². The Bertz CT molecular complexity index is 390. The first-order chi connectivity index (χ1) is 9.44. The van der Waals surface area contributed by atoms with E-state index in [1.165, 1.54) is 5.56 Å². The van der Waals surface area contributed by atoms with E-state index in [0.29, 0.717) is 13.2 Å². The summed E-state index contributed by atoms with van der Waals surface area (Å²) in [6.45, 7) is 11.2. The summed E-state index contributed by atoms with van der Waals surface area (Å²) in [5.41, 5.74) is 1.05. The molecule has 0 amide bonds. The maximum absolute atomic E-state index is 5.99. The Morgan fingerprint density at radius 2 is 1.90 bits per heavy atom. The molecule has 0 spiro atoms. The van der Waals surface area contributed by atoms with Gasteiger partial charge in [0.05, 0.1) is 24.9 Å². The zero-order chi connectivity index (χ0) is 15.0. The highest BCUT2D eigenvalue weighted by molar-refractivity contribution is 9.10. The molecule has 1 aromatic rings. The van der Waals surface area contributed by atoms with Gasteiger partial charge in [0, 0.05) is 11.0 Å². The third kappa shape index (κ3) is 6.84. The summed E-state index contributed by atoms with van der Waals surface area (Å²) in [6, 6.07) is 8.19. The van der Waals surface area contributed by atoms with Crippen molar-refractivity contribution in [2.75, 3.05) is 26.3 Å². The zero-order valence-electron chi connectivity index (χ0n) is 12.9. The molecule has 0 saturated carbocycles. The van der Waals surface area contributed by atoms with Gasteiger partial charge in [0.15, 0.2) is 0 Å². The van der Waals surface area contributed by atoms with E-state index < -0.39 is 0 Å². The number of benzene rings is 1. The average molecular weight is 344 g/mol. The van der Waals surface area contributed by atoms with Crippen LogP contribution in [0.5, 0.6) is 0 Å². The van der Waals surface area contributed by atoms with Gasteiger partial charge < -0.3 is 14.8 Å². The molecule has 0 saturated heterocycles. The van der Waals surface area contributed by atoms with Crippen molar-refractivity contribution >= 4 is 15.9 Å². The quantitative estimate of drug-likeness (QED) is 0.725. The highest BCUT2D eigenvalue weighted by Gasteiger charge is 2.15. The van der Waals surface area contributed by atoms with Crippen molar-refractivity contribution in [2.45, 2.75) is 39.4 Å². The van der Waals surface area contributed by atoms with Crippen LogP contribution in [0.3, 0.4) is 0 Å². The van der Waals surface area contributed by atoms with Gasteiger partial charge in [-0.1, -0.05) is 41.1 Å². The molecule has 1 N–H and O–H groups in total. The van der Waals surface area contributed by atoms with Crippen LogP contribution in [0.2, 0.25) is 0 Å². The van der Waals surface area contributed by atoms with Crippen molar-refractivity contribution in [3.8, 4) is 0 Å². The SMILES string of the molecule is CCNCC(OCCOC(C)(C)C)c1ccccc1Br. The van der Waals surface area contributed by atoms with Crippen molar-refractivity contribution in [2.24, 2.45) is 0 Å². The molecule has 0 fully saturated rings. The molecule has 20 heavy (non-hydrogen) atoms. The van der Waals surface area contributed by atoms with Crippen LogP contribution >= 0.6 is 15.9 Å². The average Bonchev–Trinajstić information content (AvgIpc) is 2.38. The smallest absolute Gasteiger partial charge is 0.0961 e. The van der Waals surface area contributed by atoms with Crippen LogP contribution in [0.4, 0.5) is 0 Å². The summed E-state index contributed by atoms with van der Waals surface area (Å²) < 4.78 is 12.8. The van der Waals surface area contributed by atoms with E-state index >= 15 is 0 Å². The Morgan fingerprint density at radius 3 is 2.50 bits per heavy atom. The number of rotatable bonds is 8. The Balaban J connectivity index is 2.55. The van der Waals surface area contributed by atoms with Crippen molar-refractivity contribution in [1.29, 1.82) is 0 Å². The highest BCUT2D eigenvalue weighted by Crippen LogP contribution is 2.25. The lowest BCUT2D eigenvalue weighted by atomic mass is 10.1. The Labute approximate surface area is 131 Å². The molecule has 0 aromatic heterocycles. The highest BCUT2D eigenvalue weighted by atomic mass is 79.9. The van der Waals surface area contributed by atoms with Crippen LogP contribution < -0.4 is 5.32 Å². The van der Waals surface area contributed by atoms with Crippen molar-refractivity contribution < 1.29 is 9.47 Å². The lowest BCUT2D eigenvalue weighted by molar-refractivity contribution is -0.0519. The zero-order valence-corrected chi connectivity index (χ0v) is 14.5. The van der Waals surface area contributed by atoms with Crippen molar-refractivity contribution in [3.63, 3.8) is 0 Å². The molecule has 4 heteroatoms. The molecule has 1 aromatic carbocycles. The number of nitrogens with one attached hydrogen (secondary N) is 1. The third-order valence-electron chi connectivity index (χ3n) is 2.77. The van der Waals surface area contributed by atoms with E-state index in [4.69, 9.17) is 9.47 Å². The molecule has 1 atom stereocenters. The second kappa shape index (κ2) is 8.78. The van der Waals surface area contributed by atoms with Gasteiger partial charge in [0.25, 0.3) is 0 Å². The first-order valence-electron chi connectivity index (χ1n) is 7.14. The van der Waals surface area contributed by atoms with Gasteiger partial charge in [-0.2, -0.15) is 0 Å². The van der Waals surface area contributed by atoms with Crippen LogP contribution in [0.1, 0.15) is 39.4 Å². The fourth-order valence-electron chi connectivity index (χ4n) is 1.81.